The van der Waals surface area contributed by atoms with Gasteiger partial charge in [0.05, 0.1) is 18.8 Å². The van der Waals surface area contributed by atoms with Gasteiger partial charge >= 0.3 is 17.6 Å². The van der Waals surface area contributed by atoms with Crippen LogP contribution in [0.15, 0.2) is 111 Å². The molecule has 9 heteroatoms. The van der Waals surface area contributed by atoms with Crippen LogP contribution in [0.1, 0.15) is 147 Å². The predicted molar refractivity (Wildman–Crippen MR) is 255 cm³/mol. The molecule has 2 aliphatic carbocycles. The normalized spacial score (nSPS) is 25.0. The van der Waals surface area contributed by atoms with Crippen LogP contribution in [-0.2, 0) is 49.7 Å². The number of methoxy groups -OCH3 is 1. The minimum atomic E-state index is -1.18. The maximum absolute atomic E-state index is 15.1. The molecule has 1 N–H and O–H groups in total. The van der Waals surface area contributed by atoms with Gasteiger partial charge in [-0.2, -0.15) is 0 Å². The van der Waals surface area contributed by atoms with Crippen molar-refractivity contribution in [2.24, 2.45) is 11.8 Å². The van der Waals surface area contributed by atoms with Crippen molar-refractivity contribution in [3.63, 3.8) is 0 Å². The average molecular weight is 893 g/mol. The van der Waals surface area contributed by atoms with E-state index in [1.54, 1.807) is 13.2 Å². The molecule has 0 amide bonds. The fraction of sp³-hybridized carbons (Fsp3) is 0.456. The van der Waals surface area contributed by atoms with Crippen molar-refractivity contribution < 1.29 is 38.1 Å². The molecule has 2 bridgehead atoms. The summed E-state index contributed by atoms with van der Waals surface area (Å²) in [5, 5.41) is 11.3. The second-order valence-electron chi connectivity index (χ2n) is 19.7. The van der Waals surface area contributed by atoms with E-state index < -0.39 is 42.0 Å². The van der Waals surface area contributed by atoms with Gasteiger partial charge in [-0.3, -0.25) is 4.79 Å². The van der Waals surface area contributed by atoms with Gasteiger partial charge in [0.15, 0.2) is 12.2 Å². The van der Waals surface area contributed by atoms with Gasteiger partial charge < -0.3 is 28.5 Å². The van der Waals surface area contributed by atoms with Crippen LogP contribution in [-0.4, -0.2) is 42.5 Å². The number of esters is 2. The first-order chi connectivity index (χ1) is 32.0. The molecule has 1 aromatic heterocycles. The molecule has 0 saturated heterocycles. The van der Waals surface area contributed by atoms with Crippen molar-refractivity contribution in [3.8, 4) is 5.75 Å². The second kappa shape index (κ2) is 19.8. The fourth-order valence-corrected chi connectivity index (χ4v) is 11.8. The smallest absolute Gasteiger partial charge is 0.339 e. The number of fused-ring (bicyclic) bond motifs is 11. The van der Waals surface area contributed by atoms with Crippen LogP contribution >= 0.6 is 0 Å². The molecule has 2 saturated carbocycles. The van der Waals surface area contributed by atoms with Gasteiger partial charge in [0.25, 0.3) is 0 Å². The summed E-state index contributed by atoms with van der Waals surface area (Å²) >= 11 is 0. The highest BCUT2D eigenvalue weighted by Crippen LogP contribution is 2.53. The number of aliphatic hydroxyl groups excluding tert-OH is 1. The number of hydrogen-bond donors (Lipinski definition) is 1. The Hall–Kier alpha value is -5.51. The summed E-state index contributed by atoms with van der Waals surface area (Å²) in [6.45, 7) is 5.69. The van der Waals surface area contributed by atoms with Crippen LogP contribution in [0.2, 0.25) is 0 Å². The summed E-state index contributed by atoms with van der Waals surface area (Å²) < 4.78 is 32.3. The van der Waals surface area contributed by atoms with Crippen LogP contribution in [0, 0.1) is 11.8 Å². The Labute approximate surface area is 388 Å². The van der Waals surface area contributed by atoms with E-state index in [0.29, 0.717) is 46.2 Å². The quantitative estimate of drug-likeness (QED) is 0.0922. The molecule has 0 unspecified atom stereocenters. The third-order valence-corrected chi connectivity index (χ3v) is 15.4. The number of rotatable bonds is 8. The summed E-state index contributed by atoms with van der Waals surface area (Å²) in [4.78, 5) is 43.8. The molecule has 3 aliphatic heterocycles. The largest absolute Gasteiger partial charge is 0.483 e. The third-order valence-electron chi connectivity index (χ3n) is 15.4. The number of carbonyl (C=O) groups excluding carboxylic acids is 2. The minimum Gasteiger partial charge on any atom is -0.483 e. The molecule has 6 atom stereocenters. The summed E-state index contributed by atoms with van der Waals surface area (Å²) in [5.41, 5.74) is 7.05. The zero-order valence-corrected chi connectivity index (χ0v) is 38.9. The number of carbonyl (C=O) groups is 2. The van der Waals surface area contributed by atoms with Crippen molar-refractivity contribution in [3.05, 3.63) is 157 Å². The molecule has 346 valence electrons. The lowest BCUT2D eigenvalue weighted by atomic mass is 9.68. The Balaban J connectivity index is 1.16. The van der Waals surface area contributed by atoms with Crippen molar-refractivity contribution in [2.75, 3.05) is 13.7 Å². The summed E-state index contributed by atoms with van der Waals surface area (Å²) in [6, 6.07) is 31.8. The molecule has 4 aromatic carbocycles. The molecule has 10 rings (SSSR count). The van der Waals surface area contributed by atoms with Gasteiger partial charge in [0, 0.05) is 42.4 Å². The first kappa shape index (κ1) is 45.6. The van der Waals surface area contributed by atoms with Crippen molar-refractivity contribution >= 4 is 22.9 Å². The Bertz CT molecular complexity index is 2630. The molecule has 4 heterocycles. The fourth-order valence-electron chi connectivity index (χ4n) is 11.8. The first-order valence-electron chi connectivity index (χ1n) is 24.2. The third kappa shape index (κ3) is 9.26. The topological polar surface area (TPSA) is 122 Å². The Morgan fingerprint density at radius 2 is 1.58 bits per heavy atom. The van der Waals surface area contributed by atoms with Crippen LogP contribution in [0.3, 0.4) is 0 Å². The number of aliphatic hydroxyl groups is 1. The van der Waals surface area contributed by atoms with E-state index in [-0.39, 0.29) is 48.7 Å². The van der Waals surface area contributed by atoms with Gasteiger partial charge in [-0.15, -0.1) is 0 Å². The maximum atomic E-state index is 15.1. The van der Waals surface area contributed by atoms with Gasteiger partial charge in [-0.25, -0.2) is 9.59 Å². The molecule has 5 aromatic rings. The highest BCUT2D eigenvalue weighted by atomic mass is 16.6. The Kier molecular flexibility index (Phi) is 13.7. The van der Waals surface area contributed by atoms with Crippen LogP contribution in [0.25, 0.3) is 11.0 Å². The van der Waals surface area contributed by atoms with E-state index in [1.807, 2.05) is 32.9 Å². The van der Waals surface area contributed by atoms with E-state index in [0.717, 1.165) is 68.9 Å². The highest BCUT2D eigenvalue weighted by Gasteiger charge is 2.56. The average Bonchev–Trinajstić information content (AvgIpc) is 3.32. The SMILES string of the molecule is COCCc1c(CO)c2ccc3c(c2oc1=O)[C@H]1OC(=O)C[C@@H]2C[C@H](c4cccc(Cc5ccccc5)c4)CC[C@H]2c2ccc(cc2)CCC(=C(C)C)C(=O)O[C@@H]1[C@](C)(C1CCCCC1)O3. The van der Waals surface area contributed by atoms with E-state index in [4.69, 9.17) is 23.4 Å². The monoisotopic (exact) mass is 892 g/mol. The first-order valence-corrected chi connectivity index (χ1v) is 24.2. The number of benzene rings is 4. The van der Waals surface area contributed by atoms with Crippen LogP contribution in [0.4, 0.5) is 0 Å². The van der Waals surface area contributed by atoms with E-state index >= 15 is 4.79 Å². The van der Waals surface area contributed by atoms with Crippen molar-refractivity contribution in [1.29, 1.82) is 0 Å². The molecule has 2 fully saturated rings. The standard InChI is InChI=1S/C57H64O9/c1-35(2)44-24-20-36-18-21-39(22-19-36)45-25-23-41(40-15-11-14-38(31-40)30-37-12-7-5-8-13-37)32-42(45)33-50(59)63-53-51-49(66-57(3,54(53)65-55(44)60)43-16-9-6-10-17-43)27-26-46-48(34-58)47(28-29-62-4)56(61)64-52(46)51/h5,7-8,11-15,18-19,21-22,26-27,31,41-43,45,53-54,58H,6,9-10,16-17,20,23-25,28-30,32-34H2,1-4H3/t41-,42+,45+,53-,54+,57+/m1/s1. The number of ether oxygens (including phenoxy) is 4. The van der Waals surface area contributed by atoms with Gasteiger partial charge in [-0.05, 0) is 135 Å². The van der Waals surface area contributed by atoms with E-state index in [2.05, 4.69) is 72.8 Å². The van der Waals surface area contributed by atoms with Gasteiger partial charge in [0.1, 0.15) is 16.9 Å². The molecular weight excluding hydrogens is 829 g/mol. The van der Waals surface area contributed by atoms with Gasteiger partial charge in [-0.1, -0.05) is 104 Å². The highest BCUT2D eigenvalue weighted by molar-refractivity contribution is 5.90. The van der Waals surface area contributed by atoms with Crippen LogP contribution < -0.4 is 10.4 Å². The molecular formula is C57H64O9. The molecule has 0 spiro atoms. The molecule has 9 nitrogen and oxygen atoms in total. The predicted octanol–water partition coefficient (Wildman–Crippen LogP) is 11.3. The second-order valence-corrected chi connectivity index (χ2v) is 19.7. The summed E-state index contributed by atoms with van der Waals surface area (Å²) in [7, 11) is 1.56. The lowest BCUT2D eigenvalue weighted by Crippen LogP contribution is -2.58. The zero-order valence-electron chi connectivity index (χ0n) is 38.9. The maximum Gasteiger partial charge on any atom is 0.339 e. The van der Waals surface area contributed by atoms with Crippen LogP contribution in [0.5, 0.6) is 5.75 Å². The molecule has 66 heavy (non-hydrogen) atoms. The minimum absolute atomic E-state index is 0.0228. The molecule has 5 aliphatic rings. The van der Waals surface area contributed by atoms with Gasteiger partial charge in [0.2, 0.25) is 0 Å². The lowest BCUT2D eigenvalue weighted by molar-refractivity contribution is -0.201. The number of hydrogen-bond acceptors (Lipinski definition) is 9. The molecule has 0 radical (unpaired) electrons. The Morgan fingerprint density at radius 3 is 2.32 bits per heavy atom. The summed E-state index contributed by atoms with van der Waals surface area (Å²) in [6.07, 6.45) is 7.57. The summed E-state index contributed by atoms with van der Waals surface area (Å²) in [5.74, 6) is -0.205. The number of allylic oxidation sites excluding steroid dienone is 1. The zero-order chi connectivity index (χ0) is 46.0. The van der Waals surface area contributed by atoms with E-state index in [1.165, 1.54) is 22.3 Å². The van der Waals surface area contributed by atoms with Crippen molar-refractivity contribution in [2.45, 2.75) is 140 Å². The van der Waals surface area contributed by atoms with E-state index in [9.17, 15) is 14.7 Å². The Morgan fingerprint density at radius 1 is 0.803 bits per heavy atom. The van der Waals surface area contributed by atoms with Crippen molar-refractivity contribution in [1.82, 2.24) is 0 Å². The lowest BCUT2D eigenvalue weighted by Gasteiger charge is -2.50. The number of aryl methyl sites for hydroxylation is 1.